The molecule has 1 saturated carbocycles. The Morgan fingerprint density at radius 2 is 1.82 bits per heavy atom. The summed E-state index contributed by atoms with van der Waals surface area (Å²) in [6.45, 7) is 1.83. The summed E-state index contributed by atoms with van der Waals surface area (Å²) in [4.78, 5) is 0. The van der Waals surface area contributed by atoms with Crippen molar-refractivity contribution in [2.75, 3.05) is 0 Å². The van der Waals surface area contributed by atoms with Crippen molar-refractivity contribution in [1.82, 2.24) is 10.7 Å². The predicted octanol–water partition coefficient (Wildman–Crippen LogP) is 5.17. The maximum atomic E-state index is 6.19. The van der Waals surface area contributed by atoms with E-state index in [1.54, 1.807) is 12.1 Å². The van der Waals surface area contributed by atoms with Crippen LogP contribution in [-0.2, 0) is 0 Å². The summed E-state index contributed by atoms with van der Waals surface area (Å²) in [6.07, 6.45) is 6.13. The first kappa shape index (κ1) is 17.8. The van der Waals surface area contributed by atoms with Crippen molar-refractivity contribution in [1.29, 1.82) is 0 Å². The number of nitrogens with zero attached hydrogens (tertiary/aromatic N) is 1. The fourth-order valence-electron chi connectivity index (χ4n) is 2.46. The molecule has 1 aromatic carbocycles. The molecule has 0 atom stereocenters. The first-order valence-electron chi connectivity index (χ1n) is 7.23. The second-order valence-corrected chi connectivity index (χ2v) is 6.91. The highest BCUT2D eigenvalue weighted by atomic mass is 35.5. The average molecular weight is 379 g/mol. The highest BCUT2D eigenvalue weighted by Gasteiger charge is 2.14. The van der Waals surface area contributed by atoms with Gasteiger partial charge in [-0.1, -0.05) is 60.1 Å². The Kier molecular flexibility index (Phi) is 6.75. The molecule has 0 spiro atoms. The maximum absolute atomic E-state index is 6.19. The second-order valence-electron chi connectivity index (χ2n) is 5.34. The van der Waals surface area contributed by atoms with Crippen LogP contribution in [0.1, 0.15) is 44.6 Å². The van der Waals surface area contributed by atoms with Gasteiger partial charge in [0.1, 0.15) is 0 Å². The smallest absolute Gasteiger partial charge is 0.187 e. The van der Waals surface area contributed by atoms with Gasteiger partial charge in [0.15, 0.2) is 5.11 Å². The van der Waals surface area contributed by atoms with Crippen LogP contribution in [0.3, 0.4) is 0 Å². The third-order valence-corrected chi connectivity index (χ3v) is 5.19. The Morgan fingerprint density at radius 1 is 1.14 bits per heavy atom. The Bertz CT molecular complexity index is 584. The van der Waals surface area contributed by atoms with Crippen LogP contribution in [0.2, 0.25) is 15.1 Å². The molecule has 0 unspecified atom stereocenters. The van der Waals surface area contributed by atoms with Crippen LogP contribution in [0.25, 0.3) is 0 Å². The number of thiocarbonyl (C=S) groups is 1. The maximum Gasteiger partial charge on any atom is 0.187 e. The number of hydrazone groups is 1. The van der Waals surface area contributed by atoms with E-state index in [2.05, 4.69) is 15.8 Å². The molecule has 1 aliphatic carbocycles. The molecule has 0 amide bonds. The molecule has 1 fully saturated rings. The summed E-state index contributed by atoms with van der Waals surface area (Å²) in [5.74, 6) is 0. The Labute approximate surface area is 151 Å². The molecule has 7 heteroatoms. The summed E-state index contributed by atoms with van der Waals surface area (Å²) in [6, 6.07) is 3.93. The molecule has 1 aliphatic rings. The summed E-state index contributed by atoms with van der Waals surface area (Å²) >= 11 is 23.4. The first-order valence-corrected chi connectivity index (χ1v) is 8.78. The number of rotatable bonds is 3. The average Bonchev–Trinajstić information content (AvgIpc) is 2.51. The molecule has 0 aromatic heterocycles. The van der Waals surface area contributed by atoms with Crippen LogP contribution in [0.15, 0.2) is 17.2 Å². The lowest BCUT2D eigenvalue weighted by Crippen LogP contribution is -2.41. The first-order chi connectivity index (χ1) is 10.5. The van der Waals surface area contributed by atoms with Crippen molar-refractivity contribution < 1.29 is 0 Å². The molecule has 0 radical (unpaired) electrons. The molecule has 2 N–H and O–H groups in total. The van der Waals surface area contributed by atoms with E-state index in [9.17, 15) is 0 Å². The molecule has 0 bridgehead atoms. The van der Waals surface area contributed by atoms with E-state index in [0.717, 1.165) is 18.4 Å². The third-order valence-electron chi connectivity index (χ3n) is 3.69. The largest absolute Gasteiger partial charge is 0.359 e. The number of benzene rings is 1. The van der Waals surface area contributed by atoms with Gasteiger partial charge in [0.25, 0.3) is 0 Å². The molecular formula is C15H18Cl3N3S. The van der Waals surface area contributed by atoms with Gasteiger partial charge in [-0.05, 0) is 38.0 Å². The second kappa shape index (κ2) is 8.34. The van der Waals surface area contributed by atoms with Crippen molar-refractivity contribution in [2.45, 2.75) is 45.1 Å². The van der Waals surface area contributed by atoms with Gasteiger partial charge in [0.05, 0.1) is 20.8 Å². The van der Waals surface area contributed by atoms with E-state index < -0.39 is 0 Å². The zero-order valence-corrected chi connectivity index (χ0v) is 15.3. The van der Waals surface area contributed by atoms with Gasteiger partial charge in [-0.2, -0.15) is 5.10 Å². The Balaban J connectivity index is 1.97. The summed E-state index contributed by atoms with van der Waals surface area (Å²) in [7, 11) is 0. The summed E-state index contributed by atoms with van der Waals surface area (Å²) < 4.78 is 0. The van der Waals surface area contributed by atoms with Crippen LogP contribution in [0, 0.1) is 0 Å². The van der Waals surface area contributed by atoms with Gasteiger partial charge in [-0.15, -0.1) is 0 Å². The standard InChI is InChI=1S/C15H18Cl3N3S/c1-9(11-7-8-12(16)14(18)13(11)17)20-21-15(22)19-10-5-3-2-4-6-10/h7-8,10H,2-6H2,1H3,(H2,19,21,22)/b20-9-. The van der Waals surface area contributed by atoms with Crippen molar-refractivity contribution in [3.05, 3.63) is 32.8 Å². The zero-order valence-electron chi connectivity index (χ0n) is 12.3. The van der Waals surface area contributed by atoms with E-state index in [0.29, 0.717) is 31.9 Å². The third kappa shape index (κ3) is 4.72. The van der Waals surface area contributed by atoms with Gasteiger partial charge in [-0.3, -0.25) is 5.43 Å². The number of hydrogen-bond donors (Lipinski definition) is 2. The lowest BCUT2D eigenvalue weighted by Gasteiger charge is -2.23. The van der Waals surface area contributed by atoms with Gasteiger partial charge in [0.2, 0.25) is 0 Å². The van der Waals surface area contributed by atoms with E-state index in [-0.39, 0.29) is 0 Å². The molecule has 0 heterocycles. The van der Waals surface area contributed by atoms with Crippen LogP contribution < -0.4 is 10.7 Å². The van der Waals surface area contributed by atoms with Gasteiger partial charge < -0.3 is 5.32 Å². The number of halogens is 3. The van der Waals surface area contributed by atoms with Crippen molar-refractivity contribution >= 4 is 57.8 Å². The minimum Gasteiger partial charge on any atom is -0.359 e. The molecule has 0 saturated heterocycles. The van der Waals surface area contributed by atoms with Gasteiger partial charge in [-0.25, -0.2) is 0 Å². The molecule has 22 heavy (non-hydrogen) atoms. The minimum atomic E-state index is 0.332. The summed E-state index contributed by atoms with van der Waals surface area (Å²) in [5.41, 5.74) is 4.28. The molecule has 1 aromatic rings. The van der Waals surface area contributed by atoms with Crippen LogP contribution in [-0.4, -0.2) is 16.9 Å². The summed E-state index contributed by atoms with van der Waals surface area (Å²) in [5, 5.41) is 9.24. The van der Waals surface area contributed by atoms with Crippen LogP contribution >= 0.6 is 47.0 Å². The SMILES string of the molecule is C/C(=N/NC(=S)NC1CCCCC1)c1ccc(Cl)c(Cl)c1Cl. The van der Waals surface area contributed by atoms with E-state index in [1.807, 2.05) is 6.92 Å². The predicted molar refractivity (Wildman–Crippen MR) is 99.4 cm³/mol. The molecule has 2 rings (SSSR count). The monoisotopic (exact) mass is 377 g/mol. The zero-order chi connectivity index (χ0) is 16.1. The van der Waals surface area contributed by atoms with Crippen LogP contribution in [0.4, 0.5) is 0 Å². The lowest BCUT2D eigenvalue weighted by atomic mass is 9.96. The van der Waals surface area contributed by atoms with Gasteiger partial charge >= 0.3 is 0 Å². The van der Waals surface area contributed by atoms with Crippen molar-refractivity contribution in [3.63, 3.8) is 0 Å². The van der Waals surface area contributed by atoms with Crippen LogP contribution in [0.5, 0.6) is 0 Å². The molecule has 120 valence electrons. The van der Waals surface area contributed by atoms with E-state index >= 15 is 0 Å². The molecular weight excluding hydrogens is 361 g/mol. The molecule has 0 aliphatic heterocycles. The Morgan fingerprint density at radius 3 is 2.50 bits per heavy atom. The van der Waals surface area contributed by atoms with Gasteiger partial charge in [0, 0.05) is 11.6 Å². The Hall–Kier alpha value is -0.550. The normalized spacial score (nSPS) is 16.5. The highest BCUT2D eigenvalue weighted by molar-refractivity contribution is 7.80. The van der Waals surface area contributed by atoms with Crippen molar-refractivity contribution in [2.24, 2.45) is 5.10 Å². The van der Waals surface area contributed by atoms with Crippen molar-refractivity contribution in [3.8, 4) is 0 Å². The quantitative estimate of drug-likeness (QED) is 0.330. The minimum absolute atomic E-state index is 0.332. The molecule has 3 nitrogen and oxygen atoms in total. The van der Waals surface area contributed by atoms with E-state index in [1.165, 1.54) is 19.3 Å². The van der Waals surface area contributed by atoms with E-state index in [4.69, 9.17) is 47.0 Å². The lowest BCUT2D eigenvalue weighted by molar-refractivity contribution is 0.412. The fourth-order valence-corrected chi connectivity index (χ4v) is 3.35. The fraction of sp³-hybridized carbons (Fsp3) is 0.467. The number of hydrogen-bond acceptors (Lipinski definition) is 2. The topological polar surface area (TPSA) is 36.4 Å². The highest BCUT2D eigenvalue weighted by Crippen LogP contribution is 2.32. The number of nitrogens with one attached hydrogen (secondary N) is 2.